The maximum atomic E-state index is 12.7. The fourth-order valence-electron chi connectivity index (χ4n) is 5.03. The third-order valence-corrected chi connectivity index (χ3v) is 7.18. The number of carbonyl (C=O) groups excluding carboxylic acids is 2. The highest BCUT2D eigenvalue weighted by molar-refractivity contribution is 6.02. The summed E-state index contributed by atoms with van der Waals surface area (Å²) in [6.45, 7) is 14.3. The number of carbonyl (C=O) groups is 2. The first kappa shape index (κ1) is 22.7. The lowest BCUT2D eigenvalue weighted by atomic mass is 9.83. The number of esters is 1. The number of nitrogens with zero attached hydrogens (tertiary/aromatic N) is 2. The molecule has 6 heteroatoms. The minimum Gasteiger partial charge on any atom is -0.463 e. The van der Waals surface area contributed by atoms with Gasteiger partial charge in [-0.2, -0.15) is 0 Å². The van der Waals surface area contributed by atoms with Gasteiger partial charge in [0.1, 0.15) is 17.8 Å². The molecule has 3 atom stereocenters. The quantitative estimate of drug-likeness (QED) is 0.528. The van der Waals surface area contributed by atoms with Gasteiger partial charge in [0.2, 0.25) is 0 Å². The minimum absolute atomic E-state index is 0.00342. The summed E-state index contributed by atoms with van der Waals surface area (Å²) in [4.78, 5) is 30.3. The van der Waals surface area contributed by atoms with Crippen molar-refractivity contribution in [3.8, 4) is 0 Å². The number of likely N-dealkylation sites (tertiary alicyclic amines) is 1. The van der Waals surface area contributed by atoms with Crippen molar-refractivity contribution in [2.24, 2.45) is 29.1 Å². The maximum absolute atomic E-state index is 12.7. The highest BCUT2D eigenvalue weighted by Crippen LogP contribution is 2.29. The predicted molar refractivity (Wildman–Crippen MR) is 113 cm³/mol. The summed E-state index contributed by atoms with van der Waals surface area (Å²) in [5.41, 5.74) is -1.06. The predicted octanol–water partition coefficient (Wildman–Crippen LogP) is 2.46. The normalized spacial score (nSPS) is 34.3. The smallest absolute Gasteiger partial charge is 0.319 e. The molecule has 3 saturated heterocycles. The zero-order chi connectivity index (χ0) is 21.2. The van der Waals surface area contributed by atoms with Crippen molar-refractivity contribution >= 4 is 11.8 Å². The van der Waals surface area contributed by atoms with E-state index in [1.54, 1.807) is 13.8 Å². The molecule has 0 aromatic rings. The molecule has 0 aromatic carbocycles. The van der Waals surface area contributed by atoms with Crippen LogP contribution >= 0.6 is 0 Å². The molecular weight excluding hydrogens is 368 g/mol. The molecule has 3 heterocycles. The van der Waals surface area contributed by atoms with E-state index in [-0.39, 0.29) is 17.8 Å². The van der Waals surface area contributed by atoms with Crippen LogP contribution in [-0.2, 0) is 19.1 Å². The van der Waals surface area contributed by atoms with Crippen molar-refractivity contribution in [3.05, 3.63) is 0 Å². The SMILES string of the molecule is C[C@@H]1C[C@@H](C)CCC(=O)C(C)(C)C(=O)OC[C@@H](C2CN(CC3COC3)C2)N(C)C1. The van der Waals surface area contributed by atoms with E-state index in [0.717, 1.165) is 52.2 Å². The van der Waals surface area contributed by atoms with Gasteiger partial charge in [0.25, 0.3) is 0 Å². The van der Waals surface area contributed by atoms with Crippen molar-refractivity contribution in [1.82, 2.24) is 9.80 Å². The fourth-order valence-corrected chi connectivity index (χ4v) is 5.03. The lowest BCUT2D eigenvalue weighted by Gasteiger charge is -2.48. The van der Waals surface area contributed by atoms with Gasteiger partial charge < -0.3 is 14.4 Å². The number of Topliss-reactive ketones (excluding diaryl/α,β-unsaturated/α-hetero) is 1. The second kappa shape index (κ2) is 9.44. The van der Waals surface area contributed by atoms with E-state index in [0.29, 0.717) is 36.7 Å². The molecule has 0 radical (unpaired) electrons. The second-order valence-corrected chi connectivity index (χ2v) is 10.5. The zero-order valence-corrected chi connectivity index (χ0v) is 19.0. The van der Waals surface area contributed by atoms with Gasteiger partial charge in [0.05, 0.1) is 13.2 Å². The van der Waals surface area contributed by atoms with Crippen molar-refractivity contribution in [2.45, 2.75) is 53.0 Å². The Morgan fingerprint density at radius 2 is 1.72 bits per heavy atom. The van der Waals surface area contributed by atoms with Crippen molar-refractivity contribution in [3.63, 3.8) is 0 Å². The first-order valence-electron chi connectivity index (χ1n) is 11.4. The topological polar surface area (TPSA) is 59.1 Å². The molecular formula is C23H40N2O4. The van der Waals surface area contributed by atoms with Gasteiger partial charge in [-0.05, 0) is 45.6 Å². The van der Waals surface area contributed by atoms with Crippen LogP contribution in [0.2, 0.25) is 0 Å². The Kier molecular flexibility index (Phi) is 7.39. The molecule has 0 amide bonds. The summed E-state index contributed by atoms with van der Waals surface area (Å²) in [5.74, 6) is 1.85. The van der Waals surface area contributed by atoms with Crippen molar-refractivity contribution in [1.29, 1.82) is 0 Å². The standard InChI is InChI=1S/C23H40N2O4/c1-16-6-7-21(26)23(3,4)22(27)29-15-20(24(5)9-17(2)8-16)19-11-25(12-19)10-18-13-28-14-18/h16-20H,6-15H2,1-5H3/t16-,17+,20-/m0/s1. The van der Waals surface area contributed by atoms with Gasteiger partial charge in [0.15, 0.2) is 0 Å². The van der Waals surface area contributed by atoms with E-state index in [9.17, 15) is 9.59 Å². The van der Waals surface area contributed by atoms with E-state index in [1.807, 2.05) is 0 Å². The Hall–Kier alpha value is -0.980. The Labute approximate surface area is 176 Å². The molecule has 0 aromatic heterocycles. The molecule has 3 rings (SSSR count). The van der Waals surface area contributed by atoms with Gasteiger partial charge in [-0.25, -0.2) is 0 Å². The number of likely N-dealkylation sites (N-methyl/N-ethyl adjacent to an activating group) is 1. The van der Waals surface area contributed by atoms with E-state index in [4.69, 9.17) is 9.47 Å². The Morgan fingerprint density at radius 1 is 1.03 bits per heavy atom. The fraction of sp³-hybridized carbons (Fsp3) is 0.913. The van der Waals surface area contributed by atoms with Gasteiger partial charge in [0, 0.05) is 50.5 Å². The van der Waals surface area contributed by atoms with Gasteiger partial charge >= 0.3 is 5.97 Å². The van der Waals surface area contributed by atoms with Crippen LogP contribution in [0.5, 0.6) is 0 Å². The molecule has 29 heavy (non-hydrogen) atoms. The number of ether oxygens (including phenoxy) is 2. The largest absolute Gasteiger partial charge is 0.463 e. The van der Waals surface area contributed by atoms with Crippen LogP contribution in [0, 0.1) is 29.1 Å². The summed E-state index contributed by atoms with van der Waals surface area (Å²) in [5, 5.41) is 0. The molecule has 3 aliphatic rings. The number of rotatable bonds is 3. The molecule has 0 saturated carbocycles. The summed E-state index contributed by atoms with van der Waals surface area (Å²) < 4.78 is 11.0. The molecule has 166 valence electrons. The van der Waals surface area contributed by atoms with Crippen LogP contribution in [-0.4, -0.2) is 80.6 Å². The van der Waals surface area contributed by atoms with E-state index < -0.39 is 5.41 Å². The minimum atomic E-state index is -1.06. The average molecular weight is 409 g/mol. The van der Waals surface area contributed by atoms with Gasteiger partial charge in [-0.15, -0.1) is 0 Å². The van der Waals surface area contributed by atoms with Crippen LogP contribution in [0.4, 0.5) is 0 Å². The summed E-state index contributed by atoms with van der Waals surface area (Å²) >= 11 is 0. The Morgan fingerprint density at radius 3 is 2.34 bits per heavy atom. The number of hydrogen-bond acceptors (Lipinski definition) is 6. The molecule has 0 aliphatic carbocycles. The molecule has 6 nitrogen and oxygen atoms in total. The summed E-state index contributed by atoms with van der Waals surface area (Å²) in [7, 11) is 2.16. The Bertz CT molecular complexity index is 583. The first-order valence-corrected chi connectivity index (χ1v) is 11.4. The third-order valence-electron chi connectivity index (χ3n) is 7.18. The number of hydrogen-bond donors (Lipinski definition) is 0. The lowest BCUT2D eigenvalue weighted by molar-refractivity contribution is -0.161. The van der Waals surface area contributed by atoms with Gasteiger partial charge in [-0.3, -0.25) is 14.5 Å². The first-order chi connectivity index (χ1) is 13.7. The van der Waals surface area contributed by atoms with Crippen molar-refractivity contribution < 1.29 is 19.1 Å². The van der Waals surface area contributed by atoms with Crippen LogP contribution in [0.1, 0.15) is 47.0 Å². The van der Waals surface area contributed by atoms with Crippen LogP contribution in [0.15, 0.2) is 0 Å². The maximum Gasteiger partial charge on any atom is 0.319 e. The molecule has 3 fully saturated rings. The van der Waals surface area contributed by atoms with Crippen LogP contribution in [0.25, 0.3) is 0 Å². The summed E-state index contributed by atoms with van der Waals surface area (Å²) in [6.07, 6.45) is 2.41. The molecule has 0 N–H and O–H groups in total. The third kappa shape index (κ3) is 5.59. The lowest BCUT2D eigenvalue weighted by Crippen LogP contribution is -2.59. The van der Waals surface area contributed by atoms with E-state index >= 15 is 0 Å². The second-order valence-electron chi connectivity index (χ2n) is 10.5. The van der Waals surface area contributed by atoms with Gasteiger partial charge in [-0.1, -0.05) is 13.8 Å². The van der Waals surface area contributed by atoms with E-state index in [1.165, 1.54) is 0 Å². The number of ketones is 1. The van der Waals surface area contributed by atoms with Crippen LogP contribution < -0.4 is 0 Å². The van der Waals surface area contributed by atoms with Crippen LogP contribution in [0.3, 0.4) is 0 Å². The Balaban J connectivity index is 1.66. The molecule has 0 spiro atoms. The zero-order valence-electron chi connectivity index (χ0n) is 19.0. The molecule has 0 bridgehead atoms. The highest BCUT2D eigenvalue weighted by Gasteiger charge is 2.41. The van der Waals surface area contributed by atoms with E-state index in [2.05, 4.69) is 30.7 Å². The highest BCUT2D eigenvalue weighted by atomic mass is 16.5. The summed E-state index contributed by atoms with van der Waals surface area (Å²) in [6, 6.07) is 0.206. The monoisotopic (exact) mass is 408 g/mol. The molecule has 0 unspecified atom stereocenters. The number of cyclic esters (lactones) is 1. The van der Waals surface area contributed by atoms with Crippen molar-refractivity contribution in [2.75, 3.05) is 53.0 Å². The molecule has 3 aliphatic heterocycles. The average Bonchev–Trinajstić information content (AvgIpc) is 2.57.